The maximum Gasteiger partial charge on any atom is 0.305 e. The van der Waals surface area contributed by atoms with Crippen LogP contribution in [0.15, 0.2) is 18.2 Å². The largest absolute Gasteiger partial charge is 0.465 e. The molecule has 0 heterocycles. The molecule has 1 aromatic rings. The van der Waals surface area contributed by atoms with Crippen LogP contribution in [0.1, 0.15) is 94.7 Å². The Kier molecular flexibility index (Phi) is 14.5. The molecule has 0 aromatic heterocycles. The predicted molar refractivity (Wildman–Crippen MR) is 120 cm³/mol. The first-order valence-electron chi connectivity index (χ1n) is 11.0. The SMILES string of the molecule is CCCCc1ccc(CCOC(=O)CCCCCCCBr)cc1CCCC. The molecule has 2 nitrogen and oxygen atoms in total. The molecule has 0 spiro atoms. The summed E-state index contributed by atoms with van der Waals surface area (Å²) in [5, 5.41) is 1.08. The fraction of sp³-hybridized carbons (Fsp3) is 0.708. The van der Waals surface area contributed by atoms with Crippen LogP contribution < -0.4 is 0 Å². The van der Waals surface area contributed by atoms with Gasteiger partial charge < -0.3 is 4.74 Å². The topological polar surface area (TPSA) is 26.3 Å². The monoisotopic (exact) mass is 438 g/mol. The van der Waals surface area contributed by atoms with E-state index in [1.165, 1.54) is 68.1 Å². The number of hydrogen-bond acceptors (Lipinski definition) is 2. The molecule has 3 heteroatoms. The highest BCUT2D eigenvalue weighted by molar-refractivity contribution is 9.09. The molecule has 0 aliphatic carbocycles. The highest BCUT2D eigenvalue weighted by Gasteiger charge is 2.06. The van der Waals surface area contributed by atoms with Crippen molar-refractivity contribution in [3.05, 3.63) is 34.9 Å². The normalized spacial score (nSPS) is 10.9. The molecule has 0 N–H and O–H groups in total. The van der Waals surface area contributed by atoms with Gasteiger partial charge >= 0.3 is 5.97 Å². The molecular weight excluding hydrogens is 400 g/mol. The second-order valence-electron chi connectivity index (χ2n) is 7.49. The van der Waals surface area contributed by atoms with E-state index in [0.29, 0.717) is 13.0 Å². The Morgan fingerprint density at radius 1 is 0.852 bits per heavy atom. The lowest BCUT2D eigenvalue weighted by molar-refractivity contribution is -0.143. The van der Waals surface area contributed by atoms with Gasteiger partial charge in [-0.2, -0.15) is 0 Å². The number of esters is 1. The summed E-state index contributed by atoms with van der Waals surface area (Å²) >= 11 is 3.45. The quantitative estimate of drug-likeness (QED) is 0.155. The Morgan fingerprint density at radius 2 is 1.52 bits per heavy atom. The summed E-state index contributed by atoms with van der Waals surface area (Å²) in [5.41, 5.74) is 4.30. The number of aryl methyl sites for hydroxylation is 2. The molecule has 0 fully saturated rings. The number of halogens is 1. The van der Waals surface area contributed by atoms with Crippen LogP contribution in [0.5, 0.6) is 0 Å². The van der Waals surface area contributed by atoms with Crippen LogP contribution in [0, 0.1) is 0 Å². The van der Waals surface area contributed by atoms with Crippen LogP contribution in [0.25, 0.3) is 0 Å². The highest BCUT2D eigenvalue weighted by atomic mass is 79.9. The van der Waals surface area contributed by atoms with Crippen molar-refractivity contribution in [2.75, 3.05) is 11.9 Å². The van der Waals surface area contributed by atoms with Gasteiger partial charge in [0.15, 0.2) is 0 Å². The molecule has 1 aromatic carbocycles. The van der Waals surface area contributed by atoms with Crippen molar-refractivity contribution in [2.45, 2.75) is 97.3 Å². The van der Waals surface area contributed by atoms with Crippen LogP contribution in [-0.4, -0.2) is 17.9 Å². The van der Waals surface area contributed by atoms with Gasteiger partial charge in [0.25, 0.3) is 0 Å². The van der Waals surface area contributed by atoms with E-state index in [0.717, 1.165) is 31.0 Å². The molecule has 0 amide bonds. The molecule has 0 atom stereocenters. The molecule has 154 valence electrons. The third-order valence-corrected chi connectivity index (χ3v) is 5.60. The number of rotatable bonds is 16. The van der Waals surface area contributed by atoms with Gasteiger partial charge in [0, 0.05) is 18.2 Å². The molecule has 0 aliphatic rings. The third kappa shape index (κ3) is 11.6. The van der Waals surface area contributed by atoms with E-state index in [-0.39, 0.29) is 5.97 Å². The van der Waals surface area contributed by atoms with Crippen molar-refractivity contribution in [1.29, 1.82) is 0 Å². The zero-order valence-electron chi connectivity index (χ0n) is 17.5. The van der Waals surface area contributed by atoms with Gasteiger partial charge in [-0.1, -0.05) is 80.1 Å². The smallest absolute Gasteiger partial charge is 0.305 e. The number of hydrogen-bond donors (Lipinski definition) is 0. The molecule has 0 aliphatic heterocycles. The van der Waals surface area contributed by atoms with E-state index in [9.17, 15) is 4.79 Å². The van der Waals surface area contributed by atoms with Crippen molar-refractivity contribution >= 4 is 21.9 Å². The van der Waals surface area contributed by atoms with Gasteiger partial charge in [-0.15, -0.1) is 0 Å². The third-order valence-electron chi connectivity index (χ3n) is 5.04. The molecule has 27 heavy (non-hydrogen) atoms. The number of alkyl halides is 1. The summed E-state index contributed by atoms with van der Waals surface area (Å²) in [6.07, 6.45) is 14.5. The minimum absolute atomic E-state index is 0.0405. The van der Waals surface area contributed by atoms with Gasteiger partial charge in [0.1, 0.15) is 0 Å². The lowest BCUT2D eigenvalue weighted by atomic mass is 9.95. The molecule has 0 saturated carbocycles. The number of carbonyl (C=O) groups is 1. The van der Waals surface area contributed by atoms with E-state index < -0.39 is 0 Å². The Labute approximate surface area is 175 Å². The van der Waals surface area contributed by atoms with E-state index in [2.05, 4.69) is 48.0 Å². The summed E-state index contributed by atoms with van der Waals surface area (Å²) in [6, 6.07) is 6.86. The van der Waals surface area contributed by atoms with Crippen molar-refractivity contribution < 1.29 is 9.53 Å². The number of ether oxygens (including phenoxy) is 1. The fourth-order valence-electron chi connectivity index (χ4n) is 3.29. The summed E-state index contributed by atoms with van der Waals surface area (Å²) in [7, 11) is 0. The maximum atomic E-state index is 11.9. The van der Waals surface area contributed by atoms with Crippen molar-refractivity contribution in [3.8, 4) is 0 Å². The van der Waals surface area contributed by atoms with Crippen LogP contribution in [0.2, 0.25) is 0 Å². The predicted octanol–water partition coefficient (Wildman–Crippen LogP) is 7.19. The van der Waals surface area contributed by atoms with Gasteiger partial charge in [0.05, 0.1) is 6.61 Å². The molecular formula is C24H39BrO2. The first-order chi connectivity index (χ1) is 13.2. The van der Waals surface area contributed by atoms with Crippen LogP contribution in [0.4, 0.5) is 0 Å². The minimum Gasteiger partial charge on any atom is -0.465 e. The van der Waals surface area contributed by atoms with Gasteiger partial charge in [0.2, 0.25) is 0 Å². The summed E-state index contributed by atoms with van der Waals surface area (Å²) < 4.78 is 5.44. The zero-order valence-corrected chi connectivity index (χ0v) is 19.1. The second kappa shape index (κ2) is 16.2. The minimum atomic E-state index is -0.0405. The van der Waals surface area contributed by atoms with Crippen molar-refractivity contribution in [3.63, 3.8) is 0 Å². The number of carbonyl (C=O) groups excluding carboxylic acids is 1. The highest BCUT2D eigenvalue weighted by Crippen LogP contribution is 2.18. The lowest BCUT2D eigenvalue weighted by Crippen LogP contribution is -2.08. The van der Waals surface area contributed by atoms with Gasteiger partial charge in [-0.05, 0) is 55.2 Å². The Balaban J connectivity index is 2.34. The van der Waals surface area contributed by atoms with E-state index in [4.69, 9.17) is 4.74 Å². The zero-order chi connectivity index (χ0) is 19.7. The van der Waals surface area contributed by atoms with Crippen LogP contribution >= 0.6 is 15.9 Å². The molecule has 0 bridgehead atoms. The van der Waals surface area contributed by atoms with Gasteiger partial charge in [-0.3, -0.25) is 4.79 Å². The Bertz CT molecular complexity index is 513. The average molecular weight is 439 g/mol. The first kappa shape index (κ1) is 24.2. The average Bonchev–Trinajstić information content (AvgIpc) is 2.68. The van der Waals surface area contributed by atoms with Gasteiger partial charge in [-0.25, -0.2) is 0 Å². The number of unbranched alkanes of at least 4 members (excludes halogenated alkanes) is 6. The first-order valence-corrected chi connectivity index (χ1v) is 12.2. The Hall–Kier alpha value is -0.830. The fourth-order valence-corrected chi connectivity index (χ4v) is 3.69. The molecule has 0 unspecified atom stereocenters. The van der Waals surface area contributed by atoms with E-state index in [1.807, 2.05) is 0 Å². The molecule has 0 radical (unpaired) electrons. The summed E-state index contributed by atoms with van der Waals surface area (Å²) in [6.45, 7) is 5.00. The summed E-state index contributed by atoms with van der Waals surface area (Å²) in [4.78, 5) is 11.9. The Morgan fingerprint density at radius 3 is 2.22 bits per heavy atom. The molecule has 0 saturated heterocycles. The number of benzene rings is 1. The molecule has 1 rings (SSSR count). The van der Waals surface area contributed by atoms with E-state index >= 15 is 0 Å². The second-order valence-corrected chi connectivity index (χ2v) is 8.28. The van der Waals surface area contributed by atoms with Crippen LogP contribution in [0.3, 0.4) is 0 Å². The lowest BCUT2D eigenvalue weighted by Gasteiger charge is -2.12. The van der Waals surface area contributed by atoms with Crippen molar-refractivity contribution in [1.82, 2.24) is 0 Å². The van der Waals surface area contributed by atoms with E-state index in [1.54, 1.807) is 0 Å². The maximum absolute atomic E-state index is 11.9. The van der Waals surface area contributed by atoms with Crippen molar-refractivity contribution in [2.24, 2.45) is 0 Å². The van der Waals surface area contributed by atoms with Crippen LogP contribution in [-0.2, 0) is 28.8 Å². The summed E-state index contributed by atoms with van der Waals surface area (Å²) in [5.74, 6) is -0.0405. The standard InChI is InChI=1S/C24H39BrO2/c1-3-5-12-22-16-15-21(20-23(22)13-6-4-2)17-19-27-24(26)14-10-8-7-9-11-18-25/h15-16,20H,3-14,17-19H2,1-2H3.